The number of hydrogen-bond donors (Lipinski definition) is 0. The van der Waals surface area contributed by atoms with Crippen molar-refractivity contribution in [2.75, 3.05) is 0 Å². The molecular weight excluding hydrogens is 180 g/mol. The van der Waals surface area contributed by atoms with Gasteiger partial charge in [0, 0.05) is 11.6 Å². The average Bonchev–Trinajstić information content (AvgIpc) is 2.99. The monoisotopic (exact) mass is 190 g/mol. The fourth-order valence-electron chi connectivity index (χ4n) is 1.14. The van der Waals surface area contributed by atoms with E-state index >= 15 is 0 Å². The minimum absolute atomic E-state index is 0.103. The topological polar surface area (TPSA) is 56.0 Å². The zero-order valence-electron chi connectivity index (χ0n) is 7.59. The van der Waals surface area contributed by atoms with E-state index in [1.165, 1.54) is 25.1 Å². The first-order valence-electron chi connectivity index (χ1n) is 4.54. The van der Waals surface area contributed by atoms with Gasteiger partial charge in [0.05, 0.1) is 0 Å². The molecular formula is C10H10N2O2. The summed E-state index contributed by atoms with van der Waals surface area (Å²) in [6, 6.07) is 3.14. The highest BCUT2D eigenvalue weighted by Crippen LogP contribution is 2.30. The summed E-state index contributed by atoms with van der Waals surface area (Å²) in [6.45, 7) is 0. The first-order valence-corrected chi connectivity index (χ1v) is 4.54. The second kappa shape index (κ2) is 3.57. The molecule has 0 unspecified atom stereocenters. The van der Waals surface area contributed by atoms with Gasteiger partial charge in [-0.3, -0.25) is 0 Å². The molecule has 0 bridgehead atoms. The SMILES string of the molecule is O=[N+]([O-])c1ccc(/C=C/C2CC2)cn1. The van der Waals surface area contributed by atoms with Crippen molar-refractivity contribution in [2.45, 2.75) is 12.8 Å². The summed E-state index contributed by atoms with van der Waals surface area (Å²) in [6.07, 6.45) is 8.14. The molecule has 1 aromatic heterocycles. The fraction of sp³-hybridized carbons (Fsp3) is 0.300. The maximum Gasteiger partial charge on any atom is 0.363 e. The number of pyridine rings is 1. The third kappa shape index (κ3) is 2.16. The maximum absolute atomic E-state index is 10.3. The van der Waals surface area contributed by atoms with Crippen LogP contribution in [0.15, 0.2) is 24.4 Å². The lowest BCUT2D eigenvalue weighted by Crippen LogP contribution is -1.90. The van der Waals surface area contributed by atoms with Crippen LogP contribution in [0.1, 0.15) is 18.4 Å². The lowest BCUT2D eigenvalue weighted by Gasteiger charge is -1.91. The van der Waals surface area contributed by atoms with Crippen LogP contribution in [-0.2, 0) is 0 Å². The first-order chi connectivity index (χ1) is 6.75. The van der Waals surface area contributed by atoms with E-state index in [-0.39, 0.29) is 5.82 Å². The van der Waals surface area contributed by atoms with Crippen molar-refractivity contribution in [3.63, 3.8) is 0 Å². The molecule has 2 rings (SSSR count). The largest absolute Gasteiger partial charge is 0.363 e. The zero-order chi connectivity index (χ0) is 9.97. The average molecular weight is 190 g/mol. The Morgan fingerprint density at radius 3 is 2.79 bits per heavy atom. The summed E-state index contributed by atoms with van der Waals surface area (Å²) in [7, 11) is 0. The van der Waals surface area contributed by atoms with E-state index in [1.54, 1.807) is 6.07 Å². The highest BCUT2D eigenvalue weighted by atomic mass is 16.6. The van der Waals surface area contributed by atoms with Crippen molar-refractivity contribution in [1.82, 2.24) is 4.98 Å². The summed E-state index contributed by atoms with van der Waals surface area (Å²) in [5.74, 6) is 0.610. The Morgan fingerprint density at radius 2 is 2.29 bits per heavy atom. The van der Waals surface area contributed by atoms with Gasteiger partial charge < -0.3 is 10.1 Å². The van der Waals surface area contributed by atoms with Gasteiger partial charge in [0.2, 0.25) is 0 Å². The predicted molar refractivity (Wildman–Crippen MR) is 52.6 cm³/mol. The highest BCUT2D eigenvalue weighted by molar-refractivity contribution is 5.49. The predicted octanol–water partition coefficient (Wildman–Crippen LogP) is 2.41. The Morgan fingerprint density at radius 1 is 1.50 bits per heavy atom. The molecule has 4 heteroatoms. The maximum atomic E-state index is 10.3. The van der Waals surface area contributed by atoms with Gasteiger partial charge in [-0.1, -0.05) is 12.2 Å². The minimum atomic E-state index is -0.492. The smallest absolute Gasteiger partial charge is 0.358 e. The quantitative estimate of drug-likeness (QED) is 0.543. The number of aromatic nitrogens is 1. The number of allylic oxidation sites excluding steroid dienone is 1. The molecule has 0 saturated heterocycles. The van der Waals surface area contributed by atoms with E-state index in [1.807, 2.05) is 6.08 Å². The van der Waals surface area contributed by atoms with Gasteiger partial charge in [-0.05, 0) is 34.7 Å². The van der Waals surface area contributed by atoms with Gasteiger partial charge in [-0.15, -0.1) is 0 Å². The fourth-order valence-corrected chi connectivity index (χ4v) is 1.14. The van der Waals surface area contributed by atoms with Crippen LogP contribution < -0.4 is 0 Å². The van der Waals surface area contributed by atoms with Crippen molar-refractivity contribution < 1.29 is 4.92 Å². The minimum Gasteiger partial charge on any atom is -0.358 e. The lowest BCUT2D eigenvalue weighted by molar-refractivity contribution is -0.389. The van der Waals surface area contributed by atoms with E-state index in [0.717, 1.165) is 5.56 Å². The molecule has 1 saturated carbocycles. The Hall–Kier alpha value is -1.71. The van der Waals surface area contributed by atoms with E-state index in [0.29, 0.717) is 5.92 Å². The molecule has 0 aliphatic heterocycles. The Labute approximate surface area is 81.4 Å². The number of rotatable bonds is 3. The van der Waals surface area contributed by atoms with Crippen LogP contribution >= 0.6 is 0 Å². The van der Waals surface area contributed by atoms with Crippen LogP contribution in [0.25, 0.3) is 6.08 Å². The van der Waals surface area contributed by atoms with Crippen molar-refractivity contribution >= 4 is 11.9 Å². The van der Waals surface area contributed by atoms with Gasteiger partial charge in [0.1, 0.15) is 6.20 Å². The Bertz CT molecular complexity index is 366. The molecule has 4 nitrogen and oxygen atoms in total. The molecule has 1 aliphatic carbocycles. The van der Waals surface area contributed by atoms with Gasteiger partial charge in [-0.2, -0.15) is 0 Å². The second-order valence-electron chi connectivity index (χ2n) is 3.40. The van der Waals surface area contributed by atoms with Crippen molar-refractivity contribution in [3.8, 4) is 0 Å². The summed E-state index contributed by atoms with van der Waals surface area (Å²) in [4.78, 5) is 13.5. The summed E-state index contributed by atoms with van der Waals surface area (Å²) in [5, 5.41) is 10.3. The van der Waals surface area contributed by atoms with E-state index in [9.17, 15) is 10.1 Å². The van der Waals surface area contributed by atoms with Crippen LogP contribution in [0.4, 0.5) is 5.82 Å². The van der Waals surface area contributed by atoms with Crippen LogP contribution in [0, 0.1) is 16.0 Å². The molecule has 1 fully saturated rings. The first kappa shape index (κ1) is 8.87. The highest BCUT2D eigenvalue weighted by Gasteiger charge is 2.17. The molecule has 1 aliphatic rings. The van der Waals surface area contributed by atoms with Crippen molar-refractivity contribution in [1.29, 1.82) is 0 Å². The number of nitro groups is 1. The van der Waals surface area contributed by atoms with Crippen molar-refractivity contribution in [2.24, 2.45) is 5.92 Å². The molecule has 1 aromatic rings. The molecule has 0 atom stereocenters. The van der Waals surface area contributed by atoms with Crippen LogP contribution in [0.3, 0.4) is 0 Å². The molecule has 1 heterocycles. The standard InChI is InChI=1S/C10H10N2O2/c13-12(14)10-6-5-9(7-11-10)4-3-8-1-2-8/h3-8H,1-2H2/b4-3+. The summed E-state index contributed by atoms with van der Waals surface area (Å²) >= 11 is 0. The lowest BCUT2D eigenvalue weighted by atomic mass is 10.2. The van der Waals surface area contributed by atoms with Crippen LogP contribution in [-0.4, -0.2) is 9.91 Å². The molecule has 72 valence electrons. The molecule has 0 radical (unpaired) electrons. The third-order valence-electron chi connectivity index (χ3n) is 2.14. The second-order valence-corrected chi connectivity index (χ2v) is 3.40. The summed E-state index contributed by atoms with van der Waals surface area (Å²) in [5.41, 5.74) is 0.919. The molecule has 0 N–H and O–H groups in total. The molecule has 0 amide bonds. The van der Waals surface area contributed by atoms with E-state index in [4.69, 9.17) is 0 Å². The third-order valence-corrected chi connectivity index (χ3v) is 2.14. The number of hydrogen-bond acceptors (Lipinski definition) is 3. The molecule has 14 heavy (non-hydrogen) atoms. The Kier molecular flexibility index (Phi) is 2.26. The van der Waals surface area contributed by atoms with E-state index < -0.39 is 4.92 Å². The molecule has 0 spiro atoms. The van der Waals surface area contributed by atoms with E-state index in [2.05, 4.69) is 11.1 Å². The molecule has 0 aromatic carbocycles. The summed E-state index contributed by atoms with van der Waals surface area (Å²) < 4.78 is 0. The zero-order valence-corrected chi connectivity index (χ0v) is 7.59. The van der Waals surface area contributed by atoms with Gasteiger partial charge in [0.25, 0.3) is 0 Å². The van der Waals surface area contributed by atoms with Gasteiger partial charge in [-0.25, -0.2) is 0 Å². The normalized spacial score (nSPS) is 16.0. The van der Waals surface area contributed by atoms with Crippen LogP contribution in [0.5, 0.6) is 0 Å². The van der Waals surface area contributed by atoms with Gasteiger partial charge in [0.15, 0.2) is 0 Å². The van der Waals surface area contributed by atoms with Crippen molar-refractivity contribution in [3.05, 3.63) is 40.1 Å². The number of nitrogens with zero attached hydrogens (tertiary/aromatic N) is 2. The van der Waals surface area contributed by atoms with Crippen LogP contribution in [0.2, 0.25) is 0 Å². The Balaban J connectivity index is 2.08. The van der Waals surface area contributed by atoms with Gasteiger partial charge >= 0.3 is 5.82 Å².